The Morgan fingerprint density at radius 3 is 0.500 bits per heavy atom. The molecule has 0 aliphatic heterocycles. The molecule has 0 aliphatic rings. The third-order valence-electron chi connectivity index (χ3n) is 0. The van der Waals surface area contributed by atoms with E-state index in [1.54, 1.807) is 0 Å². The van der Waals surface area contributed by atoms with Gasteiger partial charge in [0, 0.05) is 0 Å². The number of rotatable bonds is 0. The van der Waals surface area contributed by atoms with Crippen molar-refractivity contribution in [2.24, 2.45) is 0 Å². The van der Waals surface area contributed by atoms with Crippen LogP contribution in [0.1, 0.15) is 0 Å². The fraction of sp³-hybridized carbons (Fsp3) is 0. The van der Waals surface area contributed by atoms with Gasteiger partial charge in [0.2, 0.25) is 0 Å². The molecule has 0 aliphatic carbocycles. The van der Waals surface area contributed by atoms with Gasteiger partial charge in [-0.1, -0.05) is 0 Å². The van der Waals surface area contributed by atoms with Crippen LogP contribution in [0.2, 0.25) is 0 Å². The predicted octanol–water partition coefficient (Wildman–Crippen LogP) is -0.356. The first-order valence-electron chi connectivity index (χ1n) is 0. The molecule has 0 aromatic rings. The van der Waals surface area contributed by atoms with E-state index in [1.165, 1.54) is 0 Å². The van der Waals surface area contributed by atoms with Gasteiger partial charge in [0.1, 0.15) is 0 Å². The van der Waals surface area contributed by atoms with Crippen LogP contribution in [0.3, 0.4) is 0 Å². The molecule has 0 unspecified atom stereocenters. The molecule has 0 saturated heterocycles. The second kappa shape index (κ2) is 38.9. The second-order valence-electron chi connectivity index (χ2n) is 0. The molecule has 3 nitrogen and oxygen atoms in total. The third kappa shape index (κ3) is 12.6. The van der Waals surface area contributed by atoms with E-state index in [2.05, 4.69) is 0 Å². The zero-order valence-corrected chi connectivity index (χ0v) is 5.89. The maximum absolute atomic E-state index is 0. The molecule has 0 atom stereocenters. The fourth-order valence-corrected chi connectivity index (χ4v) is 0. The summed E-state index contributed by atoms with van der Waals surface area (Å²) in [5, 5.41) is 0. The standard InChI is InChI=1S/3O.U/q3*-2;+6. The second-order valence-corrected chi connectivity index (χ2v) is 0. The molecule has 0 rings (SSSR count). The van der Waals surface area contributed by atoms with Crippen molar-refractivity contribution in [3.8, 4) is 0 Å². The molecule has 22 valence electrons. The molecule has 0 amide bonds. The molecule has 0 radical (unpaired) electrons. The van der Waals surface area contributed by atoms with Crippen LogP contribution < -0.4 is 0 Å². The van der Waals surface area contributed by atoms with Crippen LogP contribution in [0, 0.1) is 31.1 Å². The van der Waals surface area contributed by atoms with Gasteiger partial charge in [-0.2, -0.15) is 0 Å². The van der Waals surface area contributed by atoms with Gasteiger partial charge in [-0.15, -0.1) is 0 Å². The zero-order valence-electron chi connectivity index (χ0n) is 1.72. The van der Waals surface area contributed by atoms with Gasteiger partial charge < -0.3 is 16.4 Å². The van der Waals surface area contributed by atoms with Crippen LogP contribution in [0.4, 0.5) is 0 Å². The minimum absolute atomic E-state index is 0. The molecule has 4 heavy (non-hydrogen) atoms. The predicted molar refractivity (Wildman–Crippen MR) is 2.06 cm³/mol. The van der Waals surface area contributed by atoms with Crippen molar-refractivity contribution < 1.29 is 47.5 Å². The summed E-state index contributed by atoms with van der Waals surface area (Å²) in [4.78, 5) is 0. The first kappa shape index (κ1) is 87.8. The van der Waals surface area contributed by atoms with E-state index >= 15 is 0 Å². The van der Waals surface area contributed by atoms with Gasteiger partial charge in [0.25, 0.3) is 0 Å². The van der Waals surface area contributed by atoms with Gasteiger partial charge in [-0.25, -0.2) is 0 Å². The molecule has 0 aromatic carbocycles. The zero-order chi connectivity index (χ0) is 0. The quantitative estimate of drug-likeness (QED) is 0.582. The van der Waals surface area contributed by atoms with E-state index in [0.29, 0.717) is 0 Å². The molecule has 0 heterocycles. The van der Waals surface area contributed by atoms with Crippen molar-refractivity contribution in [2.75, 3.05) is 0 Å². The monoisotopic (exact) mass is 286 g/mol. The summed E-state index contributed by atoms with van der Waals surface area (Å²) in [6, 6.07) is 0. The molecule has 4 heteroatoms. The number of hydrogen-bond donors (Lipinski definition) is 0. The maximum Gasteiger partial charge on any atom is 6.00 e. The summed E-state index contributed by atoms with van der Waals surface area (Å²) < 4.78 is 0. The summed E-state index contributed by atoms with van der Waals surface area (Å²) in [6.45, 7) is 0. The molecular formula is O3U. The van der Waals surface area contributed by atoms with Gasteiger partial charge in [-0.3, -0.25) is 0 Å². The van der Waals surface area contributed by atoms with Gasteiger partial charge in [0.05, 0.1) is 0 Å². The Kier molecular flexibility index (Phi) is 854. The molecular weight excluding hydrogens is 286 g/mol. The third-order valence-corrected chi connectivity index (χ3v) is 0. The van der Waals surface area contributed by atoms with Gasteiger partial charge in [0.15, 0.2) is 0 Å². The minimum atomic E-state index is 0. The Morgan fingerprint density at radius 2 is 0.500 bits per heavy atom. The molecule has 0 aromatic heterocycles. The Hall–Kier alpha value is 0.932. The first-order valence-corrected chi connectivity index (χ1v) is 0. The SMILES string of the molecule is [O-2].[O-2].[O-2].[U+6]. The van der Waals surface area contributed by atoms with Crippen molar-refractivity contribution >= 4 is 0 Å². The van der Waals surface area contributed by atoms with Crippen molar-refractivity contribution in [1.29, 1.82) is 0 Å². The van der Waals surface area contributed by atoms with Crippen LogP contribution in [0.25, 0.3) is 0 Å². The molecule has 0 spiro atoms. The van der Waals surface area contributed by atoms with E-state index in [4.69, 9.17) is 0 Å². The van der Waals surface area contributed by atoms with Crippen molar-refractivity contribution in [3.63, 3.8) is 0 Å². The maximum atomic E-state index is 0. The first-order chi connectivity index (χ1) is 0. The Labute approximate surface area is 47.7 Å². The average Bonchev–Trinajstić information content (AvgIpc) is 0. The van der Waals surface area contributed by atoms with Crippen LogP contribution >= 0.6 is 0 Å². The van der Waals surface area contributed by atoms with E-state index in [-0.39, 0.29) is 47.5 Å². The van der Waals surface area contributed by atoms with Crippen molar-refractivity contribution in [3.05, 3.63) is 0 Å². The van der Waals surface area contributed by atoms with Gasteiger partial charge >= 0.3 is 31.1 Å². The molecule has 0 saturated carbocycles. The average molecular weight is 286 g/mol. The Bertz CT molecular complexity index is 3.25. The molecule has 0 N–H and O–H groups in total. The molecule has 0 bridgehead atoms. The fourth-order valence-electron chi connectivity index (χ4n) is 0. The van der Waals surface area contributed by atoms with E-state index < -0.39 is 0 Å². The summed E-state index contributed by atoms with van der Waals surface area (Å²) in [5.74, 6) is 0. The van der Waals surface area contributed by atoms with Crippen LogP contribution in [-0.4, -0.2) is 0 Å². The van der Waals surface area contributed by atoms with Crippen LogP contribution in [-0.2, 0) is 16.4 Å². The Morgan fingerprint density at radius 1 is 0.500 bits per heavy atom. The topological polar surface area (TPSA) is 85.5 Å². The molecule has 0 fully saturated rings. The summed E-state index contributed by atoms with van der Waals surface area (Å²) in [6.07, 6.45) is 0. The minimum Gasteiger partial charge on any atom is -2.00 e. The van der Waals surface area contributed by atoms with Gasteiger partial charge in [-0.05, 0) is 0 Å². The van der Waals surface area contributed by atoms with Crippen LogP contribution in [0.5, 0.6) is 0 Å². The van der Waals surface area contributed by atoms with E-state index in [9.17, 15) is 0 Å². The van der Waals surface area contributed by atoms with Crippen molar-refractivity contribution in [1.82, 2.24) is 0 Å². The summed E-state index contributed by atoms with van der Waals surface area (Å²) in [7, 11) is 0. The normalized spacial score (nSPS) is 0. The van der Waals surface area contributed by atoms with Crippen LogP contribution in [0.15, 0.2) is 0 Å². The summed E-state index contributed by atoms with van der Waals surface area (Å²) >= 11 is 0. The summed E-state index contributed by atoms with van der Waals surface area (Å²) in [5.41, 5.74) is 0. The Balaban J connectivity index is 0. The van der Waals surface area contributed by atoms with E-state index in [0.717, 1.165) is 0 Å². The van der Waals surface area contributed by atoms with Crippen molar-refractivity contribution in [2.45, 2.75) is 0 Å². The number of hydrogen-bond acceptors (Lipinski definition) is 0. The van der Waals surface area contributed by atoms with E-state index in [1.807, 2.05) is 0 Å². The smallest absolute Gasteiger partial charge is 2.00 e. The largest absolute Gasteiger partial charge is 6.00 e.